The molecule has 0 bridgehead atoms. The van der Waals surface area contributed by atoms with Gasteiger partial charge in [0.1, 0.15) is 0 Å². The van der Waals surface area contributed by atoms with Crippen molar-refractivity contribution < 1.29 is 4.21 Å². The molecule has 0 radical (unpaired) electrons. The van der Waals surface area contributed by atoms with Gasteiger partial charge in [-0.3, -0.25) is 4.21 Å². The molecule has 1 aliphatic rings. The van der Waals surface area contributed by atoms with Crippen molar-refractivity contribution in [2.45, 2.75) is 19.1 Å². The third-order valence-corrected chi connectivity index (χ3v) is 4.57. The molecular weight excluding hydrogens is 206 g/mol. The molecule has 2 nitrogen and oxygen atoms in total. The molecule has 15 heavy (non-hydrogen) atoms. The molecule has 1 aromatic rings. The van der Waals surface area contributed by atoms with E-state index in [0.717, 1.165) is 18.8 Å². The summed E-state index contributed by atoms with van der Waals surface area (Å²) in [4.78, 5) is 0. The Kier molecular flexibility index (Phi) is 3.22. The summed E-state index contributed by atoms with van der Waals surface area (Å²) in [5, 5.41) is 3.50. The smallest absolute Gasteiger partial charge is 0.0724 e. The van der Waals surface area contributed by atoms with Crippen LogP contribution < -0.4 is 5.32 Å². The number of hydrogen-bond donors (Lipinski definition) is 1. The van der Waals surface area contributed by atoms with E-state index in [2.05, 4.69) is 37.4 Å². The summed E-state index contributed by atoms with van der Waals surface area (Å²) in [5.41, 5.74) is 3.75. The van der Waals surface area contributed by atoms with Crippen LogP contribution in [0.4, 0.5) is 0 Å². The fraction of sp³-hybridized carbons (Fsp3) is 0.500. The van der Waals surface area contributed by atoms with Crippen LogP contribution in [-0.4, -0.2) is 23.1 Å². The Bertz CT molecular complexity index is 389. The van der Waals surface area contributed by atoms with E-state index < -0.39 is 10.8 Å². The Labute approximate surface area is 93.5 Å². The third-order valence-electron chi connectivity index (χ3n) is 2.91. The van der Waals surface area contributed by atoms with Gasteiger partial charge in [0.2, 0.25) is 0 Å². The Morgan fingerprint density at radius 3 is 2.93 bits per heavy atom. The van der Waals surface area contributed by atoms with E-state index in [1.54, 1.807) is 0 Å². The van der Waals surface area contributed by atoms with Gasteiger partial charge in [0.15, 0.2) is 0 Å². The van der Waals surface area contributed by atoms with Crippen LogP contribution in [0.15, 0.2) is 18.2 Å². The first-order valence-electron chi connectivity index (χ1n) is 5.33. The van der Waals surface area contributed by atoms with Crippen molar-refractivity contribution in [1.29, 1.82) is 0 Å². The van der Waals surface area contributed by atoms with Gasteiger partial charge in [-0.25, -0.2) is 0 Å². The summed E-state index contributed by atoms with van der Waals surface area (Å²) in [6.45, 7) is 5.91. The number of rotatable bonds is 1. The molecule has 2 atom stereocenters. The van der Waals surface area contributed by atoms with Gasteiger partial charge in [-0.15, -0.1) is 0 Å². The van der Waals surface area contributed by atoms with Crippen molar-refractivity contribution in [3.8, 4) is 0 Å². The minimum Gasteiger partial charge on any atom is -0.314 e. The van der Waals surface area contributed by atoms with Gasteiger partial charge < -0.3 is 5.32 Å². The molecule has 82 valence electrons. The van der Waals surface area contributed by atoms with E-state index in [-0.39, 0.29) is 5.25 Å². The highest BCUT2D eigenvalue weighted by Crippen LogP contribution is 2.25. The predicted octanol–water partition coefficient (Wildman–Crippen LogP) is 1.70. The minimum atomic E-state index is -0.710. The highest BCUT2D eigenvalue weighted by atomic mass is 32.2. The monoisotopic (exact) mass is 223 g/mol. The zero-order valence-electron chi connectivity index (χ0n) is 9.25. The van der Waals surface area contributed by atoms with Gasteiger partial charge in [0.05, 0.1) is 5.25 Å². The minimum absolute atomic E-state index is 0.179. The summed E-state index contributed by atoms with van der Waals surface area (Å²) in [7, 11) is -0.710. The zero-order chi connectivity index (χ0) is 10.8. The molecule has 0 aromatic heterocycles. The lowest BCUT2D eigenvalue weighted by atomic mass is 10.0. The van der Waals surface area contributed by atoms with Gasteiger partial charge in [-0.1, -0.05) is 23.8 Å². The second-order valence-electron chi connectivity index (χ2n) is 4.14. The summed E-state index contributed by atoms with van der Waals surface area (Å²) in [6, 6.07) is 6.40. The van der Waals surface area contributed by atoms with Gasteiger partial charge in [-0.2, -0.15) is 0 Å². The lowest BCUT2D eigenvalue weighted by molar-refractivity contribution is 0.623. The first-order chi connectivity index (χ1) is 7.18. The topological polar surface area (TPSA) is 29.1 Å². The molecule has 0 amide bonds. The van der Waals surface area contributed by atoms with Crippen molar-refractivity contribution in [2.75, 3.05) is 18.8 Å². The van der Waals surface area contributed by atoms with Crippen molar-refractivity contribution in [3.05, 3.63) is 34.9 Å². The van der Waals surface area contributed by atoms with Crippen LogP contribution in [0.1, 0.15) is 21.9 Å². The molecule has 0 saturated carbocycles. The second kappa shape index (κ2) is 4.45. The molecule has 1 saturated heterocycles. The van der Waals surface area contributed by atoms with Crippen LogP contribution in [0.25, 0.3) is 0 Å². The van der Waals surface area contributed by atoms with Crippen molar-refractivity contribution in [3.63, 3.8) is 0 Å². The molecule has 2 rings (SSSR count). The number of benzene rings is 1. The summed E-state index contributed by atoms with van der Waals surface area (Å²) >= 11 is 0. The quantitative estimate of drug-likeness (QED) is 0.785. The van der Waals surface area contributed by atoms with Crippen molar-refractivity contribution in [2.24, 2.45) is 0 Å². The molecule has 3 heteroatoms. The van der Waals surface area contributed by atoms with E-state index in [1.165, 1.54) is 16.7 Å². The highest BCUT2D eigenvalue weighted by Gasteiger charge is 2.23. The summed E-state index contributed by atoms with van der Waals surface area (Å²) < 4.78 is 11.9. The molecule has 1 aliphatic heterocycles. The molecule has 1 N–H and O–H groups in total. The number of nitrogens with one attached hydrogen (secondary N) is 1. The maximum absolute atomic E-state index is 11.9. The van der Waals surface area contributed by atoms with Crippen molar-refractivity contribution in [1.82, 2.24) is 5.32 Å². The van der Waals surface area contributed by atoms with E-state index in [0.29, 0.717) is 0 Å². The Hall–Kier alpha value is -0.670. The second-order valence-corrected chi connectivity index (χ2v) is 5.88. The van der Waals surface area contributed by atoms with Gasteiger partial charge >= 0.3 is 0 Å². The van der Waals surface area contributed by atoms with Crippen molar-refractivity contribution >= 4 is 10.8 Å². The maximum atomic E-state index is 11.9. The fourth-order valence-electron chi connectivity index (χ4n) is 2.00. The molecule has 1 aromatic carbocycles. The summed E-state index contributed by atoms with van der Waals surface area (Å²) in [5.74, 6) is 0.776. The van der Waals surface area contributed by atoms with Gasteiger partial charge in [0.25, 0.3) is 0 Å². The molecular formula is C12H17NOS. The molecule has 0 spiro atoms. The lowest BCUT2D eigenvalue weighted by Crippen LogP contribution is -2.35. The molecule has 1 fully saturated rings. The average molecular weight is 223 g/mol. The SMILES string of the molecule is Cc1ccc(C)c(C2CNCCS2=O)c1. The van der Waals surface area contributed by atoms with Crippen LogP contribution in [0.5, 0.6) is 0 Å². The third kappa shape index (κ3) is 2.29. The zero-order valence-corrected chi connectivity index (χ0v) is 10.1. The normalized spacial score (nSPS) is 26.5. The van der Waals surface area contributed by atoms with E-state index in [9.17, 15) is 4.21 Å². The van der Waals surface area contributed by atoms with Crippen LogP contribution >= 0.6 is 0 Å². The van der Waals surface area contributed by atoms with Crippen LogP contribution in [0.2, 0.25) is 0 Å². The van der Waals surface area contributed by atoms with Crippen LogP contribution in [0, 0.1) is 13.8 Å². The van der Waals surface area contributed by atoms with Gasteiger partial charge in [0, 0.05) is 29.6 Å². The molecule has 1 heterocycles. The highest BCUT2D eigenvalue weighted by molar-refractivity contribution is 7.85. The predicted molar refractivity (Wildman–Crippen MR) is 64.5 cm³/mol. The van der Waals surface area contributed by atoms with Gasteiger partial charge in [-0.05, 0) is 25.0 Å². The molecule has 0 aliphatic carbocycles. The lowest BCUT2D eigenvalue weighted by Gasteiger charge is -2.24. The number of aryl methyl sites for hydroxylation is 2. The van der Waals surface area contributed by atoms with E-state index >= 15 is 0 Å². The Balaban J connectivity index is 2.34. The van der Waals surface area contributed by atoms with E-state index in [1.807, 2.05) is 0 Å². The number of hydrogen-bond acceptors (Lipinski definition) is 2. The first-order valence-corrected chi connectivity index (χ1v) is 6.72. The van der Waals surface area contributed by atoms with E-state index in [4.69, 9.17) is 0 Å². The first kappa shape index (κ1) is 10.8. The standard InChI is InChI=1S/C12H17NOS/c1-9-3-4-10(2)11(7-9)12-8-13-5-6-15(12)14/h3-4,7,12-13H,5-6,8H2,1-2H3. The Morgan fingerprint density at radius 2 is 2.20 bits per heavy atom. The fourth-order valence-corrected chi connectivity index (χ4v) is 3.47. The maximum Gasteiger partial charge on any atom is 0.0724 e. The van der Waals surface area contributed by atoms with Crippen LogP contribution in [0.3, 0.4) is 0 Å². The average Bonchev–Trinajstić information content (AvgIpc) is 2.23. The molecule has 2 unspecified atom stereocenters. The largest absolute Gasteiger partial charge is 0.314 e. The van der Waals surface area contributed by atoms with Crippen LogP contribution in [-0.2, 0) is 10.8 Å². The summed E-state index contributed by atoms with van der Waals surface area (Å²) in [6.07, 6.45) is 0. The Morgan fingerprint density at radius 1 is 1.40 bits per heavy atom.